The monoisotopic (exact) mass is 323 g/mol. The molecule has 0 spiro atoms. The number of alkyl halides is 1. The molecule has 1 aromatic carbocycles. The van der Waals surface area contributed by atoms with Gasteiger partial charge in [0.05, 0.1) is 0 Å². The third kappa shape index (κ3) is 4.34. The van der Waals surface area contributed by atoms with E-state index < -0.39 is 0 Å². The Hall–Kier alpha value is -0.830. The van der Waals surface area contributed by atoms with E-state index >= 15 is 0 Å². The molecule has 1 unspecified atom stereocenters. The maximum atomic E-state index is 12.2. The normalized spacial score (nSPS) is 18.8. The molecule has 19 heavy (non-hydrogen) atoms. The van der Waals surface area contributed by atoms with Crippen LogP contribution in [0.25, 0.3) is 0 Å². The summed E-state index contributed by atoms with van der Waals surface area (Å²) in [6, 6.07) is 8.44. The highest BCUT2D eigenvalue weighted by Gasteiger charge is 2.25. The van der Waals surface area contributed by atoms with Crippen molar-refractivity contribution in [1.82, 2.24) is 4.90 Å². The van der Waals surface area contributed by atoms with Crippen LogP contribution in [0.3, 0.4) is 0 Å². The van der Waals surface area contributed by atoms with E-state index in [-0.39, 0.29) is 0 Å². The zero-order chi connectivity index (χ0) is 13.7. The Labute approximate surface area is 124 Å². The number of benzene rings is 1. The molecule has 0 saturated carbocycles. The van der Waals surface area contributed by atoms with Crippen molar-refractivity contribution in [2.24, 2.45) is 5.92 Å². The van der Waals surface area contributed by atoms with E-state index in [9.17, 15) is 4.79 Å². The van der Waals surface area contributed by atoms with Crippen LogP contribution in [-0.4, -0.2) is 29.2 Å². The Morgan fingerprint density at radius 3 is 3.05 bits per heavy atom. The third-order valence-electron chi connectivity index (χ3n) is 3.87. The second kappa shape index (κ2) is 7.09. The van der Waals surface area contributed by atoms with Crippen LogP contribution in [-0.2, 0) is 11.2 Å². The number of rotatable bonds is 5. The van der Waals surface area contributed by atoms with E-state index in [4.69, 9.17) is 0 Å². The van der Waals surface area contributed by atoms with Gasteiger partial charge in [-0.2, -0.15) is 0 Å². The van der Waals surface area contributed by atoms with E-state index in [2.05, 4.69) is 47.1 Å². The van der Waals surface area contributed by atoms with Crippen molar-refractivity contribution < 1.29 is 4.79 Å². The van der Waals surface area contributed by atoms with E-state index in [0.29, 0.717) is 18.2 Å². The predicted molar refractivity (Wildman–Crippen MR) is 82.6 cm³/mol. The minimum absolute atomic E-state index is 0.318. The molecule has 1 heterocycles. The number of hydrogen-bond acceptors (Lipinski definition) is 1. The molecular weight excluding hydrogens is 302 g/mol. The zero-order valence-electron chi connectivity index (χ0n) is 11.6. The zero-order valence-corrected chi connectivity index (χ0v) is 13.2. The van der Waals surface area contributed by atoms with Gasteiger partial charge in [-0.15, -0.1) is 0 Å². The van der Waals surface area contributed by atoms with Gasteiger partial charge in [0.25, 0.3) is 0 Å². The Morgan fingerprint density at radius 2 is 2.32 bits per heavy atom. The lowest BCUT2D eigenvalue weighted by molar-refractivity contribution is -0.130. The van der Waals surface area contributed by atoms with Crippen LogP contribution in [0.5, 0.6) is 0 Å². The molecule has 1 aliphatic rings. The summed E-state index contributed by atoms with van der Waals surface area (Å²) in [5.41, 5.74) is 2.54. The van der Waals surface area contributed by atoms with Crippen molar-refractivity contribution in [1.29, 1.82) is 0 Å². The number of amides is 1. The summed E-state index contributed by atoms with van der Waals surface area (Å²) >= 11 is 3.48. The van der Waals surface area contributed by atoms with Gasteiger partial charge in [0.1, 0.15) is 0 Å². The van der Waals surface area contributed by atoms with Gasteiger partial charge in [-0.25, -0.2) is 0 Å². The van der Waals surface area contributed by atoms with Crippen molar-refractivity contribution in [2.75, 3.05) is 18.4 Å². The van der Waals surface area contributed by atoms with Crippen LogP contribution >= 0.6 is 15.9 Å². The molecule has 2 nitrogen and oxygen atoms in total. The summed E-state index contributed by atoms with van der Waals surface area (Å²) in [5, 5.41) is 1.04. The van der Waals surface area contributed by atoms with Crippen molar-refractivity contribution >= 4 is 21.8 Å². The van der Waals surface area contributed by atoms with Gasteiger partial charge in [-0.3, -0.25) is 4.79 Å². The van der Waals surface area contributed by atoms with Gasteiger partial charge in [-0.05, 0) is 37.7 Å². The quantitative estimate of drug-likeness (QED) is 0.759. The van der Waals surface area contributed by atoms with E-state index in [1.165, 1.54) is 24.0 Å². The van der Waals surface area contributed by atoms with Gasteiger partial charge in [0.15, 0.2) is 0 Å². The van der Waals surface area contributed by atoms with Crippen LogP contribution < -0.4 is 0 Å². The number of hydrogen-bond donors (Lipinski definition) is 0. The summed E-state index contributed by atoms with van der Waals surface area (Å²) in [6.45, 7) is 4.00. The van der Waals surface area contributed by atoms with Gasteiger partial charge >= 0.3 is 0 Å². The predicted octanol–water partition coefficient (Wildman–Crippen LogP) is 3.56. The fourth-order valence-corrected chi connectivity index (χ4v) is 3.37. The molecule has 0 aromatic heterocycles. The summed E-state index contributed by atoms with van der Waals surface area (Å²) < 4.78 is 0. The lowest BCUT2D eigenvalue weighted by Crippen LogP contribution is -2.28. The lowest BCUT2D eigenvalue weighted by Gasteiger charge is -2.16. The Bertz CT molecular complexity index is 433. The minimum Gasteiger partial charge on any atom is -0.342 e. The SMILES string of the molecule is Cc1cccc(CCC(=O)N2CCC(CCBr)C2)c1. The van der Waals surface area contributed by atoms with Gasteiger partial charge in [0, 0.05) is 24.8 Å². The first-order valence-electron chi connectivity index (χ1n) is 7.08. The van der Waals surface area contributed by atoms with Crippen LogP contribution in [0.15, 0.2) is 24.3 Å². The molecule has 1 atom stereocenters. The van der Waals surface area contributed by atoms with Crippen molar-refractivity contribution in [2.45, 2.75) is 32.6 Å². The first-order valence-corrected chi connectivity index (χ1v) is 8.20. The molecule has 3 heteroatoms. The Kier molecular flexibility index (Phi) is 5.44. The molecule has 0 N–H and O–H groups in total. The first kappa shape index (κ1) is 14.6. The topological polar surface area (TPSA) is 20.3 Å². The fraction of sp³-hybridized carbons (Fsp3) is 0.562. The molecule has 2 rings (SSSR count). The summed E-state index contributed by atoms with van der Waals surface area (Å²) in [7, 11) is 0. The molecule has 0 radical (unpaired) electrons. The summed E-state index contributed by atoms with van der Waals surface area (Å²) in [6.07, 6.45) is 3.86. The van der Waals surface area contributed by atoms with Crippen LogP contribution in [0, 0.1) is 12.8 Å². The molecule has 1 aromatic rings. The molecule has 1 aliphatic heterocycles. The van der Waals surface area contributed by atoms with Crippen molar-refractivity contribution in [3.05, 3.63) is 35.4 Å². The standard InChI is InChI=1S/C16H22BrNO/c1-13-3-2-4-14(11-13)5-6-16(19)18-10-8-15(12-18)7-9-17/h2-4,11,15H,5-10,12H2,1H3. The largest absolute Gasteiger partial charge is 0.342 e. The molecule has 0 bridgehead atoms. The molecule has 104 valence electrons. The molecular formula is C16H22BrNO. The minimum atomic E-state index is 0.318. The van der Waals surface area contributed by atoms with E-state index in [0.717, 1.165) is 24.8 Å². The molecule has 1 saturated heterocycles. The molecule has 0 aliphatic carbocycles. The number of likely N-dealkylation sites (tertiary alicyclic amines) is 1. The fourth-order valence-electron chi connectivity index (χ4n) is 2.73. The number of aryl methyl sites for hydroxylation is 2. The highest BCUT2D eigenvalue weighted by atomic mass is 79.9. The maximum Gasteiger partial charge on any atom is 0.222 e. The van der Waals surface area contributed by atoms with Gasteiger partial charge in [-0.1, -0.05) is 45.8 Å². The third-order valence-corrected chi connectivity index (χ3v) is 4.32. The van der Waals surface area contributed by atoms with E-state index in [1.54, 1.807) is 0 Å². The summed E-state index contributed by atoms with van der Waals surface area (Å²) in [4.78, 5) is 14.2. The second-order valence-electron chi connectivity index (χ2n) is 5.46. The average Bonchev–Trinajstić information content (AvgIpc) is 2.85. The molecule has 1 amide bonds. The van der Waals surface area contributed by atoms with Crippen LogP contribution in [0.2, 0.25) is 0 Å². The number of carbonyl (C=O) groups is 1. The highest BCUT2D eigenvalue weighted by molar-refractivity contribution is 9.09. The first-order chi connectivity index (χ1) is 9.19. The van der Waals surface area contributed by atoms with Gasteiger partial charge < -0.3 is 4.90 Å². The number of nitrogens with zero attached hydrogens (tertiary/aromatic N) is 1. The number of halogens is 1. The smallest absolute Gasteiger partial charge is 0.222 e. The Balaban J connectivity index is 1.79. The average molecular weight is 324 g/mol. The van der Waals surface area contributed by atoms with Crippen molar-refractivity contribution in [3.8, 4) is 0 Å². The second-order valence-corrected chi connectivity index (χ2v) is 6.25. The highest BCUT2D eigenvalue weighted by Crippen LogP contribution is 2.21. The maximum absolute atomic E-state index is 12.2. The van der Waals surface area contributed by atoms with Crippen LogP contribution in [0.4, 0.5) is 0 Å². The Morgan fingerprint density at radius 1 is 1.47 bits per heavy atom. The molecule has 1 fully saturated rings. The van der Waals surface area contributed by atoms with Crippen molar-refractivity contribution in [3.63, 3.8) is 0 Å². The number of carbonyl (C=O) groups excluding carboxylic acids is 1. The van der Waals surface area contributed by atoms with Crippen LogP contribution in [0.1, 0.15) is 30.4 Å². The van der Waals surface area contributed by atoms with E-state index in [1.807, 2.05) is 4.90 Å². The lowest BCUT2D eigenvalue weighted by atomic mass is 10.1. The van der Waals surface area contributed by atoms with Gasteiger partial charge in [0.2, 0.25) is 5.91 Å². The summed E-state index contributed by atoms with van der Waals surface area (Å²) in [5.74, 6) is 1.01.